The minimum atomic E-state index is -0.374. The normalized spacial score (nSPS) is 12.0. The van der Waals surface area contributed by atoms with E-state index >= 15 is 0 Å². The predicted molar refractivity (Wildman–Crippen MR) is 87.1 cm³/mol. The lowest BCUT2D eigenvalue weighted by atomic mass is 10.2. The minimum Gasteiger partial charge on any atom is -0.454 e. The third-order valence-corrected chi connectivity index (χ3v) is 3.39. The molecule has 0 radical (unpaired) electrons. The number of anilines is 3. The maximum Gasteiger partial charge on any atom is 0.274 e. The third-order valence-electron chi connectivity index (χ3n) is 3.39. The lowest BCUT2D eigenvalue weighted by Gasteiger charge is -2.07. The number of aromatic nitrogens is 3. The van der Waals surface area contributed by atoms with E-state index in [0.717, 1.165) is 0 Å². The van der Waals surface area contributed by atoms with E-state index in [1.807, 2.05) is 0 Å². The monoisotopic (exact) mass is 339 g/mol. The largest absolute Gasteiger partial charge is 0.454 e. The number of nitrogens with one attached hydrogen (secondary N) is 2. The zero-order chi connectivity index (χ0) is 17.2. The molecule has 9 nitrogen and oxygen atoms in total. The summed E-state index contributed by atoms with van der Waals surface area (Å²) in [6.45, 7) is 1.95. The molecule has 0 fully saturated rings. The van der Waals surface area contributed by atoms with Gasteiger partial charge in [-0.2, -0.15) is 0 Å². The van der Waals surface area contributed by atoms with Gasteiger partial charge in [-0.1, -0.05) is 5.16 Å². The lowest BCUT2D eigenvalue weighted by molar-refractivity contribution is 0.102. The number of nitrogens with zero attached hydrogens (tertiary/aromatic N) is 3. The number of amides is 1. The minimum absolute atomic E-state index is 0.176. The fraction of sp³-hybridized carbons (Fsp3) is 0.125. The van der Waals surface area contributed by atoms with Crippen LogP contribution >= 0.6 is 0 Å². The second-order valence-corrected chi connectivity index (χ2v) is 5.24. The molecule has 0 bridgehead atoms. The summed E-state index contributed by atoms with van der Waals surface area (Å²) < 4.78 is 15.5. The van der Waals surface area contributed by atoms with Crippen LogP contribution in [0.4, 0.5) is 17.5 Å². The van der Waals surface area contributed by atoms with E-state index in [4.69, 9.17) is 14.0 Å². The zero-order valence-corrected chi connectivity index (χ0v) is 13.1. The molecule has 0 spiro atoms. The molecule has 126 valence electrons. The van der Waals surface area contributed by atoms with Crippen molar-refractivity contribution >= 4 is 23.4 Å². The van der Waals surface area contributed by atoms with Gasteiger partial charge in [0.2, 0.25) is 12.7 Å². The van der Waals surface area contributed by atoms with E-state index in [0.29, 0.717) is 28.8 Å². The van der Waals surface area contributed by atoms with Gasteiger partial charge in [0.1, 0.15) is 11.5 Å². The molecular weight excluding hydrogens is 326 g/mol. The van der Waals surface area contributed by atoms with E-state index in [9.17, 15) is 4.79 Å². The Labute approximate surface area is 142 Å². The number of carbonyl (C=O) groups is 1. The van der Waals surface area contributed by atoms with Gasteiger partial charge in [-0.25, -0.2) is 9.97 Å². The van der Waals surface area contributed by atoms with Crippen molar-refractivity contribution < 1.29 is 18.8 Å². The standard InChI is InChI=1S/C16H13N5O4/c1-9-6-14(21-25-9)20-16-17-5-4-11(19-16)15(22)18-10-2-3-12-13(7-10)24-8-23-12/h2-7H,8H2,1H3,(H,18,22)(H,17,19,20,21). The number of hydrogen-bond acceptors (Lipinski definition) is 8. The fourth-order valence-corrected chi connectivity index (χ4v) is 2.25. The average Bonchev–Trinajstić information content (AvgIpc) is 3.23. The molecule has 25 heavy (non-hydrogen) atoms. The van der Waals surface area contributed by atoms with Crippen LogP contribution in [-0.4, -0.2) is 27.8 Å². The van der Waals surface area contributed by atoms with Gasteiger partial charge >= 0.3 is 0 Å². The molecule has 1 aliphatic rings. The first-order valence-corrected chi connectivity index (χ1v) is 7.42. The topological polar surface area (TPSA) is 111 Å². The molecule has 1 amide bonds. The van der Waals surface area contributed by atoms with E-state index in [2.05, 4.69) is 25.8 Å². The fourth-order valence-electron chi connectivity index (χ4n) is 2.25. The zero-order valence-electron chi connectivity index (χ0n) is 13.1. The number of aryl methyl sites for hydroxylation is 1. The summed E-state index contributed by atoms with van der Waals surface area (Å²) >= 11 is 0. The lowest BCUT2D eigenvalue weighted by Crippen LogP contribution is -2.14. The van der Waals surface area contributed by atoms with Crippen LogP contribution in [0.5, 0.6) is 11.5 Å². The predicted octanol–water partition coefficient (Wildman–Crippen LogP) is 2.50. The first kappa shape index (κ1) is 14.9. The van der Waals surface area contributed by atoms with Crippen molar-refractivity contribution in [2.24, 2.45) is 0 Å². The number of benzene rings is 1. The highest BCUT2D eigenvalue weighted by Gasteiger charge is 2.15. The first-order valence-electron chi connectivity index (χ1n) is 7.42. The Balaban J connectivity index is 1.49. The second-order valence-electron chi connectivity index (χ2n) is 5.24. The molecule has 3 heterocycles. The summed E-state index contributed by atoms with van der Waals surface area (Å²) in [7, 11) is 0. The molecule has 4 rings (SSSR count). The van der Waals surface area contributed by atoms with Gasteiger partial charge < -0.3 is 24.6 Å². The molecule has 1 aliphatic heterocycles. The van der Waals surface area contributed by atoms with E-state index in [1.54, 1.807) is 31.2 Å². The third kappa shape index (κ3) is 3.20. The van der Waals surface area contributed by atoms with Gasteiger partial charge in [-0.05, 0) is 25.1 Å². The molecular formula is C16H13N5O4. The number of rotatable bonds is 4. The Hall–Kier alpha value is -3.62. The first-order chi connectivity index (χ1) is 12.2. The SMILES string of the molecule is Cc1cc(Nc2nccc(C(=O)Nc3ccc4c(c3)OCO4)n2)no1. The average molecular weight is 339 g/mol. The maximum absolute atomic E-state index is 12.4. The van der Waals surface area contributed by atoms with Crippen molar-refractivity contribution in [3.05, 3.63) is 48.0 Å². The summed E-state index contributed by atoms with van der Waals surface area (Å²) in [6.07, 6.45) is 1.48. The van der Waals surface area contributed by atoms with Crippen LogP contribution in [0.1, 0.15) is 16.2 Å². The van der Waals surface area contributed by atoms with Crippen molar-refractivity contribution in [3.63, 3.8) is 0 Å². The van der Waals surface area contributed by atoms with Gasteiger partial charge in [-0.15, -0.1) is 0 Å². The number of fused-ring (bicyclic) bond motifs is 1. The summed E-state index contributed by atoms with van der Waals surface area (Å²) in [5.41, 5.74) is 0.782. The van der Waals surface area contributed by atoms with Gasteiger partial charge in [0.25, 0.3) is 5.91 Å². The van der Waals surface area contributed by atoms with Crippen molar-refractivity contribution in [1.82, 2.24) is 15.1 Å². The highest BCUT2D eigenvalue weighted by Crippen LogP contribution is 2.34. The van der Waals surface area contributed by atoms with Crippen LogP contribution in [0.15, 0.2) is 41.1 Å². The van der Waals surface area contributed by atoms with Gasteiger partial charge in [0, 0.05) is 24.0 Å². The Morgan fingerprint density at radius 1 is 1.16 bits per heavy atom. The van der Waals surface area contributed by atoms with Gasteiger partial charge in [-0.3, -0.25) is 4.79 Å². The molecule has 1 aromatic carbocycles. The molecule has 9 heteroatoms. The van der Waals surface area contributed by atoms with Crippen molar-refractivity contribution in [3.8, 4) is 11.5 Å². The van der Waals surface area contributed by atoms with Crippen molar-refractivity contribution in [2.75, 3.05) is 17.4 Å². The maximum atomic E-state index is 12.4. The van der Waals surface area contributed by atoms with Crippen molar-refractivity contribution in [1.29, 1.82) is 0 Å². The van der Waals surface area contributed by atoms with Crippen molar-refractivity contribution in [2.45, 2.75) is 6.92 Å². The van der Waals surface area contributed by atoms with E-state index < -0.39 is 0 Å². The Kier molecular flexibility index (Phi) is 3.65. The summed E-state index contributed by atoms with van der Waals surface area (Å²) in [5.74, 6) is 2.22. The number of carbonyl (C=O) groups excluding carboxylic acids is 1. The van der Waals surface area contributed by atoms with Crippen LogP contribution in [0.25, 0.3) is 0 Å². The van der Waals surface area contributed by atoms with Crippen LogP contribution < -0.4 is 20.1 Å². The van der Waals surface area contributed by atoms with Crippen LogP contribution in [0, 0.1) is 6.92 Å². The quantitative estimate of drug-likeness (QED) is 0.746. The molecule has 2 aromatic heterocycles. The van der Waals surface area contributed by atoms with Crippen LogP contribution in [0.2, 0.25) is 0 Å². The molecule has 0 saturated heterocycles. The Morgan fingerprint density at radius 2 is 2.04 bits per heavy atom. The van der Waals surface area contributed by atoms with Gasteiger partial charge in [0.15, 0.2) is 17.3 Å². The number of hydrogen-bond donors (Lipinski definition) is 2. The molecule has 0 unspecified atom stereocenters. The van der Waals surface area contributed by atoms with Crippen LogP contribution in [-0.2, 0) is 0 Å². The molecule has 0 atom stereocenters. The number of ether oxygens (including phenoxy) is 2. The summed E-state index contributed by atoms with van der Waals surface area (Å²) in [4.78, 5) is 20.6. The summed E-state index contributed by atoms with van der Waals surface area (Å²) in [5, 5.41) is 9.42. The molecule has 0 aliphatic carbocycles. The second kappa shape index (κ2) is 6.11. The molecule has 3 aromatic rings. The van der Waals surface area contributed by atoms with Gasteiger partial charge in [0.05, 0.1) is 0 Å². The summed E-state index contributed by atoms with van der Waals surface area (Å²) in [6, 6.07) is 8.37. The van der Waals surface area contributed by atoms with E-state index in [-0.39, 0.29) is 24.3 Å². The smallest absolute Gasteiger partial charge is 0.274 e. The Morgan fingerprint density at radius 3 is 2.88 bits per heavy atom. The molecule has 0 saturated carbocycles. The van der Waals surface area contributed by atoms with E-state index in [1.165, 1.54) is 12.3 Å². The highest BCUT2D eigenvalue weighted by molar-refractivity contribution is 6.03. The molecule has 2 N–H and O–H groups in total. The van der Waals surface area contributed by atoms with Crippen LogP contribution in [0.3, 0.4) is 0 Å². The highest BCUT2D eigenvalue weighted by atomic mass is 16.7. The Bertz CT molecular complexity index is 940.